The molecule has 1 N–H and O–H groups in total. The van der Waals surface area contributed by atoms with Crippen molar-refractivity contribution in [3.63, 3.8) is 0 Å². The third-order valence-corrected chi connectivity index (χ3v) is 17.8. The van der Waals surface area contributed by atoms with E-state index in [4.69, 9.17) is 52.1 Å². The van der Waals surface area contributed by atoms with Crippen molar-refractivity contribution < 1.29 is 75.2 Å². The van der Waals surface area contributed by atoms with Crippen molar-refractivity contribution >= 4 is 5.78 Å². The molecule has 12 aromatic rings. The summed E-state index contributed by atoms with van der Waals surface area (Å²) in [6, 6.07) is 91.1. The molecule has 0 saturated heterocycles. The van der Waals surface area contributed by atoms with Crippen LogP contribution in [0.2, 0.25) is 0 Å². The first-order valence-electron chi connectivity index (χ1n) is 34.3. The average molecular weight is 1400 g/mol. The smallest absolute Gasteiger partial charge is 0.455 e. The van der Waals surface area contributed by atoms with Crippen molar-refractivity contribution in [1.29, 1.82) is 0 Å². The standard InChI is InChI=1S/C88H73F3O13/c89-88(90,91)87(93)81-77(101-58-66-39-23-8-24-40-66)50-73(97-54-62-31-15-4-16-32-62)70-49-79(83(104-85(70)81)67-41-43-71(95-52-60-27-11-2-12-28-60)74(45-67)98-55-63-33-17-5-18-34-63)103-86-80-76(100-57-65-37-21-7-22-38-65)47-69(94-51-59-25-9-1-10-26-59)48-78(80)102-84(82(86)92)68-42-44-72(96-53-61-29-13-3-14-30-61)75(46-68)99-56-64-35-19-6-20-36-64/h1-48,50,79,82-84,86,92H,49,51-58H2/t79-,82+,83+,84+,86-/m0/s1. The van der Waals surface area contributed by atoms with E-state index >= 15 is 13.2 Å². The van der Waals surface area contributed by atoms with Crippen LogP contribution in [-0.2, 0) is 64.0 Å². The number of carbonyl (C=O) groups is 1. The summed E-state index contributed by atoms with van der Waals surface area (Å²) in [7, 11) is 0. The lowest BCUT2D eigenvalue weighted by Gasteiger charge is -2.42. The molecule has 0 aromatic heterocycles. The van der Waals surface area contributed by atoms with Crippen LogP contribution < -0.4 is 47.4 Å². The van der Waals surface area contributed by atoms with E-state index in [9.17, 15) is 9.90 Å². The number of carbonyl (C=O) groups excluding carboxylic acids is 1. The molecule has 13 nitrogen and oxygen atoms in total. The van der Waals surface area contributed by atoms with Crippen molar-refractivity contribution in [2.75, 3.05) is 0 Å². The quantitative estimate of drug-likeness (QED) is 0.0446. The number of hydrogen-bond acceptors (Lipinski definition) is 13. The highest BCUT2D eigenvalue weighted by molar-refractivity contribution is 6.05. The number of halogens is 3. The van der Waals surface area contributed by atoms with Gasteiger partial charge in [0.2, 0.25) is 0 Å². The number of hydrogen-bond donors (Lipinski definition) is 1. The zero-order valence-electron chi connectivity index (χ0n) is 56.5. The number of aliphatic hydroxyl groups is 1. The number of benzene rings is 12. The maximum absolute atomic E-state index is 15.6. The SMILES string of the molecule is O=C(c1c(OCc2ccccc2)cc(OCc2ccccc2)c2c1O[C@H](c1ccc(OCc3ccccc3)c(OCc3ccccc3)c1)[C@@H](O[C@H]1c3c(OCc4ccccc4)cc(OCc4ccccc4)cc3O[C@H](c3ccc(OCc4ccccc4)c(OCc4ccccc4)c3)[C@H]1O)C2)C(F)(F)F. The van der Waals surface area contributed by atoms with Crippen molar-refractivity contribution in [2.45, 2.75) is 96.0 Å². The summed E-state index contributed by atoms with van der Waals surface area (Å²) in [4.78, 5) is 14.5. The van der Waals surface area contributed by atoms with Gasteiger partial charge >= 0.3 is 6.18 Å². The molecular weight excluding hydrogens is 1320 g/mol. The molecule has 0 fully saturated rings. The Morgan fingerprint density at radius 3 is 1.11 bits per heavy atom. The van der Waals surface area contributed by atoms with E-state index < -0.39 is 59.5 Å². The molecule has 12 aromatic carbocycles. The molecule has 2 aliphatic heterocycles. The van der Waals surface area contributed by atoms with Crippen LogP contribution in [0.5, 0.6) is 57.5 Å². The van der Waals surface area contributed by atoms with Gasteiger partial charge in [-0.25, -0.2) is 0 Å². The highest BCUT2D eigenvalue weighted by atomic mass is 19.4. The molecule has 0 unspecified atom stereocenters. The van der Waals surface area contributed by atoms with Gasteiger partial charge in [-0.2, -0.15) is 13.2 Å². The maximum atomic E-state index is 15.6. The van der Waals surface area contributed by atoms with Gasteiger partial charge in [-0.1, -0.05) is 255 Å². The third kappa shape index (κ3) is 17.1. The molecule has 2 heterocycles. The zero-order chi connectivity index (χ0) is 71.0. The Labute approximate surface area is 601 Å². The van der Waals surface area contributed by atoms with E-state index in [1.165, 1.54) is 6.07 Å². The minimum atomic E-state index is -5.43. The van der Waals surface area contributed by atoms with Crippen LogP contribution >= 0.6 is 0 Å². The number of ketones is 1. The molecule has 104 heavy (non-hydrogen) atoms. The van der Waals surface area contributed by atoms with Crippen molar-refractivity contribution in [2.24, 2.45) is 0 Å². The molecule has 5 atom stereocenters. The van der Waals surface area contributed by atoms with Crippen LogP contribution in [0.3, 0.4) is 0 Å². The number of ether oxygens (including phenoxy) is 11. The first-order chi connectivity index (χ1) is 51.0. The van der Waals surface area contributed by atoms with Crippen LogP contribution in [0.15, 0.2) is 297 Å². The number of aliphatic hydroxyl groups excluding tert-OH is 1. The fourth-order valence-electron chi connectivity index (χ4n) is 12.5. The summed E-state index contributed by atoms with van der Waals surface area (Å²) in [5.74, 6) is -0.876. The third-order valence-electron chi connectivity index (χ3n) is 17.8. The van der Waals surface area contributed by atoms with Crippen LogP contribution in [0.1, 0.15) is 95.4 Å². The maximum Gasteiger partial charge on any atom is 0.455 e. The van der Waals surface area contributed by atoms with Crippen molar-refractivity contribution in [3.05, 3.63) is 370 Å². The Bertz CT molecular complexity index is 4790. The van der Waals surface area contributed by atoms with E-state index in [1.54, 1.807) is 78.9 Å². The molecule has 16 heteroatoms. The minimum Gasteiger partial charge on any atom is -0.489 e. The van der Waals surface area contributed by atoms with Gasteiger partial charge in [0.1, 0.15) is 111 Å². The van der Waals surface area contributed by atoms with E-state index in [-0.39, 0.29) is 93.4 Å². The molecule has 2 aliphatic rings. The molecule has 0 amide bonds. The number of Topliss-reactive ketones (excluding diaryl/α,β-unsaturated/α-hetero) is 1. The topological polar surface area (TPSA) is 139 Å². The van der Waals surface area contributed by atoms with Crippen LogP contribution in [0.25, 0.3) is 0 Å². The normalized spacial score (nSPS) is 15.9. The molecule has 524 valence electrons. The highest BCUT2D eigenvalue weighted by Crippen LogP contribution is 2.55. The highest BCUT2D eigenvalue weighted by Gasteiger charge is 2.49. The first-order valence-corrected chi connectivity index (χ1v) is 34.3. The number of rotatable bonds is 29. The monoisotopic (exact) mass is 1390 g/mol. The van der Waals surface area contributed by atoms with Gasteiger partial charge in [0, 0.05) is 30.2 Å². The Morgan fingerprint density at radius 2 is 0.712 bits per heavy atom. The van der Waals surface area contributed by atoms with Crippen molar-refractivity contribution in [3.8, 4) is 57.5 Å². The fourth-order valence-corrected chi connectivity index (χ4v) is 12.5. The van der Waals surface area contributed by atoms with Gasteiger partial charge in [-0.05, 0) is 79.9 Å². The summed E-state index contributed by atoms with van der Waals surface area (Å²) in [5.41, 5.74) is 6.83. The second-order valence-corrected chi connectivity index (χ2v) is 25.2. The Hall–Kier alpha value is -12.0. The van der Waals surface area contributed by atoms with E-state index in [2.05, 4.69) is 0 Å². The van der Waals surface area contributed by atoms with Gasteiger partial charge < -0.3 is 57.2 Å². The second kappa shape index (κ2) is 32.8. The van der Waals surface area contributed by atoms with Crippen LogP contribution in [-0.4, -0.2) is 29.3 Å². The molecule has 0 radical (unpaired) electrons. The molecule has 0 aliphatic carbocycles. The average Bonchev–Trinajstić information content (AvgIpc) is 0.743. The predicted molar refractivity (Wildman–Crippen MR) is 386 cm³/mol. The van der Waals surface area contributed by atoms with Crippen molar-refractivity contribution in [1.82, 2.24) is 0 Å². The molecule has 0 bridgehead atoms. The minimum absolute atomic E-state index is 0.0460. The van der Waals surface area contributed by atoms with E-state index in [0.717, 1.165) is 38.9 Å². The van der Waals surface area contributed by atoms with Gasteiger partial charge in [0.25, 0.3) is 5.78 Å². The summed E-state index contributed by atoms with van der Waals surface area (Å²) >= 11 is 0. The molecule has 14 rings (SSSR count). The first kappa shape index (κ1) is 69.1. The summed E-state index contributed by atoms with van der Waals surface area (Å²) < 4.78 is 122. The van der Waals surface area contributed by atoms with Gasteiger partial charge in [0.15, 0.2) is 35.2 Å². The zero-order valence-corrected chi connectivity index (χ0v) is 56.5. The lowest BCUT2D eigenvalue weighted by atomic mass is 9.88. The molecule has 0 spiro atoms. The molecular formula is C88H73F3O13. The van der Waals surface area contributed by atoms with Gasteiger partial charge in [-0.3, -0.25) is 4.79 Å². The lowest BCUT2D eigenvalue weighted by molar-refractivity contribution is -0.153. The molecule has 0 saturated carbocycles. The summed E-state index contributed by atoms with van der Waals surface area (Å²) in [6.07, 6.45) is -12.7. The van der Waals surface area contributed by atoms with Crippen LogP contribution in [0.4, 0.5) is 13.2 Å². The number of alkyl halides is 3. The van der Waals surface area contributed by atoms with E-state index in [1.807, 2.05) is 212 Å². The summed E-state index contributed by atoms with van der Waals surface area (Å²) in [6.45, 7) is 0.552. The predicted octanol–water partition coefficient (Wildman–Crippen LogP) is 19.4. The second-order valence-electron chi connectivity index (χ2n) is 25.2. The lowest BCUT2D eigenvalue weighted by Crippen LogP contribution is -2.42. The van der Waals surface area contributed by atoms with Gasteiger partial charge in [0.05, 0.1) is 5.56 Å². The Balaban J connectivity index is 0.944. The summed E-state index contributed by atoms with van der Waals surface area (Å²) in [5, 5.41) is 13.7. The van der Waals surface area contributed by atoms with Gasteiger partial charge in [-0.15, -0.1) is 0 Å². The number of fused-ring (bicyclic) bond motifs is 2. The van der Waals surface area contributed by atoms with Crippen LogP contribution in [0, 0.1) is 0 Å². The largest absolute Gasteiger partial charge is 0.489 e. The Morgan fingerprint density at radius 1 is 0.365 bits per heavy atom. The van der Waals surface area contributed by atoms with E-state index in [0.29, 0.717) is 39.7 Å². The Kier molecular flexibility index (Phi) is 21.8. The fraction of sp³-hybridized carbons (Fsp3) is 0.170.